The number of hydrogen-bond acceptors (Lipinski definition) is 3. The third kappa shape index (κ3) is 4.87. The normalized spacial score (nSPS) is 16.4. The SMILES string of the molecule is CCCNCc1ccc(Cl)cc1N1CCN(CCC)CC1. The monoisotopic (exact) mass is 309 g/mol. The highest BCUT2D eigenvalue weighted by atomic mass is 35.5. The summed E-state index contributed by atoms with van der Waals surface area (Å²) in [6, 6.07) is 6.29. The minimum Gasteiger partial charge on any atom is -0.369 e. The molecule has 0 spiro atoms. The number of halogens is 1. The molecule has 1 fully saturated rings. The lowest BCUT2D eigenvalue weighted by molar-refractivity contribution is 0.258. The predicted molar refractivity (Wildman–Crippen MR) is 92.4 cm³/mol. The number of piperazine rings is 1. The molecule has 0 atom stereocenters. The van der Waals surface area contributed by atoms with Gasteiger partial charge in [0, 0.05) is 43.4 Å². The smallest absolute Gasteiger partial charge is 0.0427 e. The van der Waals surface area contributed by atoms with Gasteiger partial charge in [-0.05, 0) is 43.6 Å². The summed E-state index contributed by atoms with van der Waals surface area (Å²) in [6.07, 6.45) is 2.40. The van der Waals surface area contributed by atoms with Crippen molar-refractivity contribution in [3.05, 3.63) is 28.8 Å². The second kappa shape index (κ2) is 8.62. The average Bonchev–Trinajstić information content (AvgIpc) is 2.50. The molecule has 3 nitrogen and oxygen atoms in total. The predicted octanol–water partition coefficient (Wildman–Crippen LogP) is 3.37. The molecule has 1 heterocycles. The van der Waals surface area contributed by atoms with Crippen LogP contribution in [-0.2, 0) is 6.54 Å². The van der Waals surface area contributed by atoms with Crippen LogP contribution in [0.1, 0.15) is 32.3 Å². The van der Waals surface area contributed by atoms with E-state index < -0.39 is 0 Å². The van der Waals surface area contributed by atoms with Gasteiger partial charge in [-0.3, -0.25) is 4.90 Å². The lowest BCUT2D eigenvalue weighted by Gasteiger charge is -2.37. The first-order valence-electron chi connectivity index (χ1n) is 8.21. The van der Waals surface area contributed by atoms with Crippen molar-refractivity contribution in [1.82, 2.24) is 10.2 Å². The number of anilines is 1. The quantitative estimate of drug-likeness (QED) is 0.779. The Morgan fingerprint density at radius 1 is 1.10 bits per heavy atom. The van der Waals surface area contributed by atoms with Gasteiger partial charge in [0.15, 0.2) is 0 Å². The molecular formula is C17H28ClN3. The molecule has 1 aromatic rings. The summed E-state index contributed by atoms with van der Waals surface area (Å²) in [4.78, 5) is 5.04. The molecule has 0 aliphatic carbocycles. The molecular weight excluding hydrogens is 282 g/mol. The first-order chi connectivity index (χ1) is 10.2. The van der Waals surface area contributed by atoms with Crippen molar-refractivity contribution < 1.29 is 0 Å². The van der Waals surface area contributed by atoms with Crippen LogP contribution in [0.3, 0.4) is 0 Å². The van der Waals surface area contributed by atoms with Gasteiger partial charge in [0.1, 0.15) is 0 Å². The van der Waals surface area contributed by atoms with Crippen molar-refractivity contribution >= 4 is 17.3 Å². The van der Waals surface area contributed by atoms with Crippen LogP contribution in [0.4, 0.5) is 5.69 Å². The maximum absolute atomic E-state index is 6.22. The van der Waals surface area contributed by atoms with Gasteiger partial charge >= 0.3 is 0 Å². The Morgan fingerprint density at radius 3 is 2.52 bits per heavy atom. The van der Waals surface area contributed by atoms with Crippen LogP contribution < -0.4 is 10.2 Å². The number of benzene rings is 1. The lowest BCUT2D eigenvalue weighted by atomic mass is 10.1. The Balaban J connectivity index is 2.02. The van der Waals surface area contributed by atoms with Gasteiger partial charge in [0.2, 0.25) is 0 Å². The molecule has 0 amide bonds. The first-order valence-corrected chi connectivity index (χ1v) is 8.58. The van der Waals surface area contributed by atoms with E-state index in [1.165, 1.54) is 30.6 Å². The molecule has 0 aromatic heterocycles. The third-order valence-corrected chi connectivity index (χ3v) is 4.28. The fraction of sp³-hybridized carbons (Fsp3) is 0.647. The zero-order valence-electron chi connectivity index (χ0n) is 13.4. The molecule has 118 valence electrons. The summed E-state index contributed by atoms with van der Waals surface area (Å²) in [7, 11) is 0. The molecule has 4 heteroatoms. The number of hydrogen-bond donors (Lipinski definition) is 1. The molecule has 0 saturated carbocycles. The van der Waals surface area contributed by atoms with Gasteiger partial charge in [0.25, 0.3) is 0 Å². The molecule has 21 heavy (non-hydrogen) atoms. The standard InChI is InChI=1S/C17H28ClN3/c1-3-7-19-14-15-5-6-16(18)13-17(15)21-11-9-20(8-4-2)10-12-21/h5-6,13,19H,3-4,7-12,14H2,1-2H3. The van der Waals surface area contributed by atoms with Crippen molar-refractivity contribution in [2.45, 2.75) is 33.2 Å². The van der Waals surface area contributed by atoms with Gasteiger partial charge < -0.3 is 10.2 Å². The van der Waals surface area contributed by atoms with Crippen LogP contribution in [0.5, 0.6) is 0 Å². The minimum atomic E-state index is 0.834. The second-order valence-corrected chi connectivity index (χ2v) is 6.21. The van der Waals surface area contributed by atoms with Crippen LogP contribution >= 0.6 is 11.6 Å². The highest BCUT2D eigenvalue weighted by Crippen LogP contribution is 2.26. The van der Waals surface area contributed by atoms with E-state index in [2.05, 4.69) is 41.1 Å². The fourth-order valence-electron chi connectivity index (χ4n) is 2.91. The first kappa shape index (κ1) is 16.6. The molecule has 2 rings (SSSR count). The van der Waals surface area contributed by atoms with Crippen LogP contribution in [0, 0.1) is 0 Å². The van der Waals surface area contributed by atoms with Gasteiger partial charge in [-0.2, -0.15) is 0 Å². The summed E-state index contributed by atoms with van der Waals surface area (Å²) in [5.41, 5.74) is 2.67. The maximum Gasteiger partial charge on any atom is 0.0427 e. The fourth-order valence-corrected chi connectivity index (χ4v) is 3.08. The molecule has 1 saturated heterocycles. The number of nitrogens with zero attached hydrogens (tertiary/aromatic N) is 2. The number of rotatable bonds is 7. The van der Waals surface area contributed by atoms with Gasteiger partial charge in [-0.25, -0.2) is 0 Å². The van der Waals surface area contributed by atoms with E-state index in [0.717, 1.165) is 44.3 Å². The van der Waals surface area contributed by atoms with Crippen LogP contribution in [0.2, 0.25) is 5.02 Å². The summed E-state index contributed by atoms with van der Waals surface area (Å²) in [6.45, 7) is 12.2. The summed E-state index contributed by atoms with van der Waals surface area (Å²) >= 11 is 6.22. The van der Waals surface area contributed by atoms with E-state index in [0.29, 0.717) is 0 Å². The topological polar surface area (TPSA) is 18.5 Å². The summed E-state index contributed by atoms with van der Waals surface area (Å²) in [5, 5.41) is 4.33. The summed E-state index contributed by atoms with van der Waals surface area (Å²) < 4.78 is 0. The van der Waals surface area contributed by atoms with Crippen LogP contribution in [0.25, 0.3) is 0 Å². The minimum absolute atomic E-state index is 0.834. The van der Waals surface area contributed by atoms with Gasteiger partial charge in [0.05, 0.1) is 0 Å². The van der Waals surface area contributed by atoms with Crippen molar-refractivity contribution in [1.29, 1.82) is 0 Å². The highest BCUT2D eigenvalue weighted by Gasteiger charge is 2.18. The van der Waals surface area contributed by atoms with E-state index in [-0.39, 0.29) is 0 Å². The molecule has 0 unspecified atom stereocenters. The van der Waals surface area contributed by atoms with Crippen LogP contribution in [-0.4, -0.2) is 44.2 Å². The van der Waals surface area contributed by atoms with Crippen molar-refractivity contribution in [3.8, 4) is 0 Å². The molecule has 1 N–H and O–H groups in total. The molecule has 1 aliphatic rings. The largest absolute Gasteiger partial charge is 0.369 e. The molecule has 0 bridgehead atoms. The van der Waals surface area contributed by atoms with Gasteiger partial charge in [-0.15, -0.1) is 0 Å². The zero-order chi connectivity index (χ0) is 15.1. The maximum atomic E-state index is 6.22. The number of nitrogens with one attached hydrogen (secondary N) is 1. The van der Waals surface area contributed by atoms with Crippen molar-refractivity contribution in [2.75, 3.05) is 44.2 Å². The van der Waals surface area contributed by atoms with Gasteiger partial charge in [-0.1, -0.05) is 31.5 Å². The summed E-state index contributed by atoms with van der Waals surface area (Å²) in [5.74, 6) is 0. The van der Waals surface area contributed by atoms with Crippen molar-refractivity contribution in [2.24, 2.45) is 0 Å². The Labute approximate surface area is 134 Å². The highest BCUT2D eigenvalue weighted by molar-refractivity contribution is 6.30. The van der Waals surface area contributed by atoms with E-state index in [1.807, 2.05) is 6.07 Å². The average molecular weight is 310 g/mol. The molecule has 1 aromatic carbocycles. The zero-order valence-corrected chi connectivity index (χ0v) is 14.1. The third-order valence-electron chi connectivity index (χ3n) is 4.04. The van der Waals surface area contributed by atoms with E-state index >= 15 is 0 Å². The lowest BCUT2D eigenvalue weighted by Crippen LogP contribution is -2.46. The van der Waals surface area contributed by atoms with Crippen LogP contribution in [0.15, 0.2) is 18.2 Å². The Morgan fingerprint density at radius 2 is 1.86 bits per heavy atom. The van der Waals surface area contributed by atoms with E-state index in [1.54, 1.807) is 0 Å². The second-order valence-electron chi connectivity index (χ2n) is 5.78. The molecule has 0 radical (unpaired) electrons. The van der Waals surface area contributed by atoms with E-state index in [4.69, 9.17) is 11.6 Å². The van der Waals surface area contributed by atoms with Crippen molar-refractivity contribution in [3.63, 3.8) is 0 Å². The Bertz CT molecular complexity index is 428. The van der Waals surface area contributed by atoms with E-state index in [9.17, 15) is 0 Å². The Kier molecular flexibility index (Phi) is 6.81. The molecule has 1 aliphatic heterocycles. The Hall–Kier alpha value is -0.770.